The highest BCUT2D eigenvalue weighted by atomic mass is 16.6. The smallest absolute Gasteiger partial charge is 0.411 e. The second-order valence-corrected chi connectivity index (χ2v) is 11.7. The van der Waals surface area contributed by atoms with Crippen LogP contribution in [0.1, 0.15) is 61.5 Å². The number of rotatable bonds is 5. The Morgan fingerprint density at radius 1 is 1.13 bits per heavy atom. The number of fused-ring (bicyclic) bond motifs is 3. The van der Waals surface area contributed by atoms with Gasteiger partial charge in [-0.2, -0.15) is 5.26 Å². The molecular weight excluding hydrogens is 480 g/mol. The number of carbonyl (C=O) groups is 3. The van der Waals surface area contributed by atoms with Gasteiger partial charge >= 0.3 is 6.09 Å². The minimum absolute atomic E-state index is 0.00795. The zero-order chi connectivity index (χ0) is 27.2. The summed E-state index contributed by atoms with van der Waals surface area (Å²) in [6.07, 6.45) is 2.44. The first-order chi connectivity index (χ1) is 18.0. The molecule has 1 saturated heterocycles. The van der Waals surface area contributed by atoms with Gasteiger partial charge in [0.25, 0.3) is 5.91 Å². The minimum atomic E-state index is -0.721. The highest BCUT2D eigenvalue weighted by Gasteiger charge is 2.52. The molecule has 0 spiro atoms. The van der Waals surface area contributed by atoms with Gasteiger partial charge in [0.05, 0.1) is 6.07 Å². The van der Waals surface area contributed by atoms with Crippen molar-refractivity contribution in [1.82, 2.24) is 15.1 Å². The third kappa shape index (κ3) is 4.98. The third-order valence-corrected chi connectivity index (χ3v) is 7.75. The number of nitriles is 1. The molecule has 3 aliphatic rings. The predicted octanol–water partition coefficient (Wildman–Crippen LogP) is 4.28. The van der Waals surface area contributed by atoms with Crippen LogP contribution in [0, 0.1) is 17.2 Å². The number of nitrogens with zero attached hydrogens (tertiary/aromatic N) is 3. The number of hydrogen-bond donors (Lipinski definition) is 1. The molecule has 2 aromatic rings. The number of likely N-dealkylation sites (tertiary alicyclic amines) is 1. The van der Waals surface area contributed by atoms with Gasteiger partial charge in [-0.3, -0.25) is 14.5 Å². The second-order valence-electron chi connectivity index (χ2n) is 11.7. The van der Waals surface area contributed by atoms with Crippen LogP contribution in [-0.4, -0.2) is 58.5 Å². The van der Waals surface area contributed by atoms with Gasteiger partial charge in [-0.1, -0.05) is 36.4 Å². The molecule has 5 rings (SSSR count). The number of hydrogen-bond acceptors (Lipinski definition) is 5. The Morgan fingerprint density at radius 3 is 2.53 bits per heavy atom. The van der Waals surface area contributed by atoms with Crippen molar-refractivity contribution in [3.05, 3.63) is 59.2 Å². The van der Waals surface area contributed by atoms with Gasteiger partial charge in [0.15, 0.2) is 0 Å². The highest BCUT2D eigenvalue weighted by Crippen LogP contribution is 2.43. The molecule has 2 bridgehead atoms. The minimum Gasteiger partial charge on any atom is -0.444 e. The summed E-state index contributed by atoms with van der Waals surface area (Å²) in [4.78, 5) is 41.9. The quantitative estimate of drug-likeness (QED) is 0.642. The third-order valence-electron chi connectivity index (χ3n) is 7.75. The zero-order valence-electron chi connectivity index (χ0n) is 22.4. The number of ether oxygens (including phenoxy) is 1. The fourth-order valence-corrected chi connectivity index (χ4v) is 5.98. The van der Waals surface area contributed by atoms with Gasteiger partial charge < -0.3 is 15.0 Å². The molecule has 38 heavy (non-hydrogen) atoms. The van der Waals surface area contributed by atoms with Gasteiger partial charge in [0.1, 0.15) is 17.7 Å². The molecule has 8 heteroatoms. The summed E-state index contributed by atoms with van der Waals surface area (Å²) in [5.74, 6) is -0.170. The largest absolute Gasteiger partial charge is 0.444 e. The van der Waals surface area contributed by atoms with Crippen LogP contribution in [0.15, 0.2) is 42.5 Å². The summed E-state index contributed by atoms with van der Waals surface area (Å²) in [7, 11) is 1.80. The Labute approximate surface area is 223 Å². The molecule has 0 radical (unpaired) electrons. The van der Waals surface area contributed by atoms with E-state index in [1.54, 1.807) is 16.8 Å². The SMILES string of the molecule is CN1Cc2ccc(-c3ccc(C[C@@H](C#N)NC(=O)[C@@H]4[C@H]5CC[C@H](C5)N4C(=O)OC(C)(C)C)cc3)cc2C1=O. The number of piperidine rings is 1. The fraction of sp³-hybridized carbons (Fsp3) is 0.467. The van der Waals surface area contributed by atoms with Crippen LogP contribution < -0.4 is 5.32 Å². The van der Waals surface area contributed by atoms with E-state index in [1.165, 1.54) is 0 Å². The number of amides is 3. The molecule has 198 valence electrons. The average Bonchev–Trinajstić information content (AvgIpc) is 3.56. The summed E-state index contributed by atoms with van der Waals surface area (Å²) < 4.78 is 5.59. The van der Waals surface area contributed by atoms with Gasteiger partial charge in [0, 0.05) is 31.6 Å². The Bertz CT molecular complexity index is 1310. The molecule has 0 aromatic heterocycles. The van der Waals surface area contributed by atoms with Crippen molar-refractivity contribution in [2.75, 3.05) is 7.05 Å². The number of nitrogens with one attached hydrogen (secondary N) is 1. The molecule has 0 unspecified atom stereocenters. The van der Waals surface area contributed by atoms with Gasteiger partial charge in [-0.25, -0.2) is 4.79 Å². The van der Waals surface area contributed by atoms with Crippen molar-refractivity contribution in [2.45, 2.75) is 76.7 Å². The maximum Gasteiger partial charge on any atom is 0.411 e. The summed E-state index contributed by atoms with van der Waals surface area (Å²) in [6.45, 7) is 6.07. The molecule has 1 N–H and O–H groups in total. The van der Waals surface area contributed by atoms with E-state index in [0.29, 0.717) is 13.0 Å². The van der Waals surface area contributed by atoms with Crippen molar-refractivity contribution in [3.63, 3.8) is 0 Å². The van der Waals surface area contributed by atoms with Crippen LogP contribution in [0.3, 0.4) is 0 Å². The van der Waals surface area contributed by atoms with E-state index >= 15 is 0 Å². The van der Waals surface area contributed by atoms with E-state index in [-0.39, 0.29) is 23.8 Å². The van der Waals surface area contributed by atoms with Crippen LogP contribution in [0.5, 0.6) is 0 Å². The lowest BCUT2D eigenvalue weighted by Crippen LogP contribution is -2.55. The van der Waals surface area contributed by atoms with Gasteiger partial charge in [-0.15, -0.1) is 0 Å². The predicted molar refractivity (Wildman–Crippen MR) is 142 cm³/mol. The molecule has 2 heterocycles. The van der Waals surface area contributed by atoms with Crippen LogP contribution in [-0.2, 0) is 22.5 Å². The molecular formula is C30H34N4O4. The van der Waals surface area contributed by atoms with E-state index < -0.39 is 23.8 Å². The van der Waals surface area contributed by atoms with Crippen LogP contribution >= 0.6 is 0 Å². The van der Waals surface area contributed by atoms with Crippen molar-refractivity contribution >= 4 is 17.9 Å². The molecule has 2 aliphatic heterocycles. The molecule has 1 saturated carbocycles. The first kappa shape index (κ1) is 25.8. The Kier molecular flexibility index (Phi) is 6.64. The number of benzene rings is 2. The van der Waals surface area contributed by atoms with Crippen molar-refractivity contribution < 1.29 is 19.1 Å². The van der Waals surface area contributed by atoms with E-state index in [0.717, 1.165) is 47.1 Å². The second kappa shape index (κ2) is 9.79. The molecule has 2 fully saturated rings. The topological polar surface area (TPSA) is 103 Å². The standard InChI is InChI=1S/C30H34N4O4/c1-30(2,3)38-29(37)34-24-12-11-21(14-24)26(34)27(35)32-23(16-31)13-18-5-7-19(8-6-18)20-9-10-22-17-33(4)28(36)25(22)15-20/h5-10,15,21,23-24,26H,11-14,17H2,1-4H3,(H,32,35)/t21-,23-,24+,26-/m0/s1. The number of carbonyl (C=O) groups excluding carboxylic acids is 3. The Hall–Kier alpha value is -3.86. The van der Waals surface area contributed by atoms with Gasteiger partial charge in [0.2, 0.25) is 5.91 Å². The van der Waals surface area contributed by atoms with Crippen molar-refractivity contribution in [3.8, 4) is 17.2 Å². The molecule has 4 atom stereocenters. The van der Waals surface area contributed by atoms with Gasteiger partial charge in [-0.05, 0) is 74.3 Å². The molecule has 3 amide bonds. The lowest BCUT2D eigenvalue weighted by atomic mass is 9.96. The van der Waals surface area contributed by atoms with E-state index in [4.69, 9.17) is 4.74 Å². The van der Waals surface area contributed by atoms with Crippen molar-refractivity contribution in [2.24, 2.45) is 5.92 Å². The zero-order valence-corrected chi connectivity index (χ0v) is 22.4. The summed E-state index contributed by atoms with van der Waals surface area (Å²) in [6, 6.07) is 14.7. The Balaban J connectivity index is 1.25. The summed E-state index contributed by atoms with van der Waals surface area (Å²) in [5, 5.41) is 12.7. The maximum absolute atomic E-state index is 13.3. The van der Waals surface area contributed by atoms with E-state index in [9.17, 15) is 19.6 Å². The fourth-order valence-electron chi connectivity index (χ4n) is 5.98. The Morgan fingerprint density at radius 2 is 1.84 bits per heavy atom. The summed E-state index contributed by atoms with van der Waals surface area (Å²) >= 11 is 0. The highest BCUT2D eigenvalue weighted by molar-refractivity contribution is 5.99. The molecule has 8 nitrogen and oxygen atoms in total. The molecule has 1 aliphatic carbocycles. The summed E-state index contributed by atoms with van der Waals surface area (Å²) in [5.41, 5.74) is 3.98. The normalized spacial score (nSPS) is 22.7. The van der Waals surface area contributed by atoms with E-state index in [1.807, 2.05) is 63.2 Å². The first-order valence-electron chi connectivity index (χ1n) is 13.2. The maximum atomic E-state index is 13.3. The van der Waals surface area contributed by atoms with Crippen LogP contribution in [0.4, 0.5) is 4.79 Å². The van der Waals surface area contributed by atoms with Crippen LogP contribution in [0.25, 0.3) is 11.1 Å². The monoisotopic (exact) mass is 514 g/mol. The average molecular weight is 515 g/mol. The lowest BCUT2D eigenvalue weighted by molar-refractivity contribution is -0.128. The first-order valence-corrected chi connectivity index (χ1v) is 13.2. The molecule has 2 aromatic carbocycles. The van der Waals surface area contributed by atoms with Crippen molar-refractivity contribution in [1.29, 1.82) is 5.26 Å². The van der Waals surface area contributed by atoms with E-state index in [2.05, 4.69) is 11.4 Å². The lowest BCUT2D eigenvalue weighted by Gasteiger charge is -2.35. The van der Waals surface area contributed by atoms with Crippen LogP contribution in [0.2, 0.25) is 0 Å².